The van der Waals surface area contributed by atoms with Crippen LogP contribution in [0, 0.1) is 45.8 Å². The van der Waals surface area contributed by atoms with Crippen LogP contribution in [0.25, 0.3) is 0 Å². The average molecular weight is 445 g/mol. The number of carbonyl (C=O) groups excluding carboxylic acids is 1. The largest absolute Gasteiger partial charge is 0.458 e. The van der Waals surface area contributed by atoms with Crippen LogP contribution >= 0.6 is 0 Å². The van der Waals surface area contributed by atoms with E-state index >= 15 is 0 Å². The summed E-state index contributed by atoms with van der Waals surface area (Å²) < 4.78 is 6.59. The van der Waals surface area contributed by atoms with Crippen molar-refractivity contribution in [3.05, 3.63) is 0 Å². The van der Waals surface area contributed by atoms with E-state index in [1.807, 2.05) is 21.1 Å². The van der Waals surface area contributed by atoms with Gasteiger partial charge in [-0.2, -0.15) is 5.26 Å². The predicted molar refractivity (Wildman–Crippen MR) is 127 cm³/mol. The molecule has 4 rings (SSSR count). The van der Waals surface area contributed by atoms with Crippen LogP contribution < -0.4 is 0 Å². The molecule has 4 aliphatic rings. The van der Waals surface area contributed by atoms with Crippen molar-refractivity contribution in [2.45, 2.75) is 83.8 Å². The second kappa shape index (κ2) is 8.58. The summed E-state index contributed by atoms with van der Waals surface area (Å²) >= 11 is 0. The minimum atomic E-state index is -0.0355. The Morgan fingerprint density at radius 1 is 1.03 bits per heavy atom. The van der Waals surface area contributed by atoms with E-state index in [1.165, 1.54) is 44.9 Å². The molecule has 32 heavy (non-hydrogen) atoms. The lowest BCUT2D eigenvalue weighted by molar-refractivity contribution is -0.862. The van der Waals surface area contributed by atoms with Crippen molar-refractivity contribution in [1.29, 1.82) is 5.26 Å². The fraction of sp³-hybridized carbons (Fsp3) is 0.926. The van der Waals surface area contributed by atoms with E-state index in [0.29, 0.717) is 40.4 Å². The number of carbonyl (C=O) groups is 1. The number of hydrogen-bond donors (Lipinski definition) is 0. The third-order valence-electron chi connectivity index (χ3n) is 10.3. The molecule has 0 saturated heterocycles. The quantitative estimate of drug-likeness (QED) is 0.357. The molecule has 4 aliphatic carbocycles. The molecular formula is C27H46N3O2+. The molecule has 5 nitrogen and oxygen atoms in total. The fourth-order valence-electron chi connectivity index (χ4n) is 8.85. The molecule has 0 aromatic rings. The maximum Gasteiger partial charge on any atom is 0.362 e. The number of ether oxygens (including phenoxy) is 1. The van der Waals surface area contributed by atoms with Crippen molar-refractivity contribution >= 4 is 5.97 Å². The van der Waals surface area contributed by atoms with Gasteiger partial charge in [0.1, 0.15) is 6.10 Å². The van der Waals surface area contributed by atoms with E-state index in [9.17, 15) is 10.1 Å². The van der Waals surface area contributed by atoms with Gasteiger partial charge in [-0.25, -0.2) is 4.79 Å². The summed E-state index contributed by atoms with van der Waals surface area (Å²) in [6.07, 6.45) is 11.3. The Balaban J connectivity index is 1.43. The van der Waals surface area contributed by atoms with Crippen molar-refractivity contribution in [3.63, 3.8) is 0 Å². The third kappa shape index (κ3) is 4.23. The second-order valence-corrected chi connectivity index (χ2v) is 13.2. The summed E-state index contributed by atoms with van der Waals surface area (Å²) in [6, 6.07) is 2.94. The maximum atomic E-state index is 12.4. The highest BCUT2D eigenvalue weighted by molar-refractivity contribution is 5.70. The number of likely N-dealkylation sites (N-methyl/N-ethyl adjacent to an activating group) is 1. The van der Waals surface area contributed by atoms with Crippen LogP contribution in [0.5, 0.6) is 0 Å². The number of rotatable bonds is 5. The molecule has 0 unspecified atom stereocenters. The lowest BCUT2D eigenvalue weighted by Crippen LogP contribution is -2.56. The molecule has 0 bridgehead atoms. The zero-order chi connectivity index (χ0) is 23.3. The number of nitrogens with zero attached hydrogens (tertiary/aromatic N) is 3. The van der Waals surface area contributed by atoms with Crippen LogP contribution in [-0.4, -0.2) is 68.8 Å². The van der Waals surface area contributed by atoms with E-state index in [-0.39, 0.29) is 12.1 Å². The zero-order valence-electron chi connectivity index (χ0n) is 21.4. The van der Waals surface area contributed by atoms with Gasteiger partial charge >= 0.3 is 5.97 Å². The molecule has 0 radical (unpaired) electrons. The van der Waals surface area contributed by atoms with Crippen LogP contribution in [0.4, 0.5) is 0 Å². The summed E-state index contributed by atoms with van der Waals surface area (Å²) in [5, 5.41) is 9.24. The van der Waals surface area contributed by atoms with Crippen LogP contribution in [0.2, 0.25) is 0 Å². The van der Waals surface area contributed by atoms with E-state index in [1.54, 1.807) is 0 Å². The number of quaternary nitrogens is 1. The average Bonchev–Trinajstić information content (AvgIpc) is 3.04. The van der Waals surface area contributed by atoms with Crippen molar-refractivity contribution in [3.8, 4) is 6.07 Å². The Labute approximate surface area is 196 Å². The van der Waals surface area contributed by atoms with E-state index in [2.05, 4.69) is 31.9 Å². The number of esters is 1. The predicted octanol–water partition coefficient (Wildman–Crippen LogP) is 4.47. The Morgan fingerprint density at radius 3 is 2.41 bits per heavy atom. The SMILES string of the molecule is CN(CC#N)[C@H]1CC[C@@H]2[C@@H]3CC[C@H]4C[C@@H](OC(=O)C[N+](C)(C)C)CC[C@@]4(C)[C@H]3CC[C@]21C. The van der Waals surface area contributed by atoms with Gasteiger partial charge in [-0.05, 0) is 99.3 Å². The molecule has 4 fully saturated rings. The van der Waals surface area contributed by atoms with Crippen molar-refractivity contribution in [2.75, 3.05) is 41.3 Å². The van der Waals surface area contributed by atoms with Crippen LogP contribution in [0.3, 0.4) is 0 Å². The van der Waals surface area contributed by atoms with E-state index in [4.69, 9.17) is 4.74 Å². The highest BCUT2D eigenvalue weighted by Gasteiger charge is 2.60. The van der Waals surface area contributed by atoms with Crippen LogP contribution in [0.15, 0.2) is 0 Å². The molecule has 0 aromatic heterocycles. The van der Waals surface area contributed by atoms with Gasteiger partial charge in [0.2, 0.25) is 0 Å². The first-order chi connectivity index (χ1) is 15.0. The van der Waals surface area contributed by atoms with Gasteiger partial charge in [0.15, 0.2) is 6.54 Å². The molecule has 0 spiro atoms. The van der Waals surface area contributed by atoms with E-state index < -0.39 is 0 Å². The summed E-state index contributed by atoms with van der Waals surface area (Å²) in [4.78, 5) is 14.8. The Morgan fingerprint density at radius 2 is 1.72 bits per heavy atom. The second-order valence-electron chi connectivity index (χ2n) is 13.2. The maximum absolute atomic E-state index is 12.4. The molecular weight excluding hydrogens is 398 g/mol. The number of nitriles is 1. The highest BCUT2D eigenvalue weighted by atomic mass is 16.5. The fourth-order valence-corrected chi connectivity index (χ4v) is 8.85. The van der Waals surface area contributed by atoms with Gasteiger partial charge in [-0.15, -0.1) is 0 Å². The lowest BCUT2D eigenvalue weighted by atomic mass is 9.45. The van der Waals surface area contributed by atoms with Gasteiger partial charge in [0.25, 0.3) is 0 Å². The monoisotopic (exact) mass is 444 g/mol. The van der Waals surface area contributed by atoms with Crippen LogP contribution in [0.1, 0.15) is 71.6 Å². The van der Waals surface area contributed by atoms with E-state index in [0.717, 1.165) is 30.6 Å². The first kappa shape index (κ1) is 24.0. The molecule has 4 saturated carbocycles. The van der Waals surface area contributed by atoms with Crippen LogP contribution in [-0.2, 0) is 9.53 Å². The van der Waals surface area contributed by atoms with Gasteiger partial charge in [-0.1, -0.05) is 13.8 Å². The van der Waals surface area contributed by atoms with Gasteiger partial charge in [0, 0.05) is 6.04 Å². The van der Waals surface area contributed by atoms with Crippen molar-refractivity contribution in [1.82, 2.24) is 4.90 Å². The molecule has 0 aliphatic heterocycles. The summed E-state index contributed by atoms with van der Waals surface area (Å²) in [6.45, 7) is 6.12. The molecule has 8 atom stereocenters. The summed E-state index contributed by atoms with van der Waals surface area (Å²) in [5.74, 6) is 3.13. The van der Waals surface area contributed by atoms with Gasteiger partial charge in [-0.3, -0.25) is 4.90 Å². The third-order valence-corrected chi connectivity index (χ3v) is 10.3. The number of fused-ring (bicyclic) bond motifs is 5. The minimum absolute atomic E-state index is 0.0355. The Hall–Kier alpha value is -1.12. The Kier molecular flexibility index (Phi) is 6.44. The lowest BCUT2D eigenvalue weighted by Gasteiger charge is -2.61. The molecule has 0 amide bonds. The minimum Gasteiger partial charge on any atom is -0.458 e. The smallest absolute Gasteiger partial charge is 0.362 e. The van der Waals surface area contributed by atoms with Gasteiger partial charge < -0.3 is 9.22 Å². The highest BCUT2D eigenvalue weighted by Crippen LogP contribution is 2.66. The molecule has 0 N–H and O–H groups in total. The number of hydrogen-bond acceptors (Lipinski definition) is 4. The molecule has 180 valence electrons. The molecule has 0 heterocycles. The first-order valence-corrected chi connectivity index (χ1v) is 13.0. The summed E-state index contributed by atoms with van der Waals surface area (Å²) in [7, 11) is 8.29. The standard InChI is InChI=1S/C27H46N3O2/c1-26-13-11-20(32-25(31)18-30(4,5)6)17-19(26)7-8-21-22-9-10-24(29(3)16-15-28)27(22,2)14-12-23(21)26/h19-24H,7-14,16-18H2,1-6H3/q+1/t19-,20-,21-,22+,23-,24-,26+,27+/m0/s1. The zero-order valence-corrected chi connectivity index (χ0v) is 21.4. The topological polar surface area (TPSA) is 53.3 Å². The summed E-state index contributed by atoms with van der Waals surface area (Å²) in [5.41, 5.74) is 0.776. The Bertz CT molecular complexity index is 755. The van der Waals surface area contributed by atoms with Gasteiger partial charge in [0.05, 0.1) is 33.8 Å². The molecule has 0 aromatic carbocycles. The first-order valence-electron chi connectivity index (χ1n) is 13.0. The van der Waals surface area contributed by atoms with Crippen molar-refractivity contribution < 1.29 is 14.0 Å². The normalized spacial score (nSPS) is 43.7. The van der Waals surface area contributed by atoms with Crippen molar-refractivity contribution in [2.24, 2.45) is 34.5 Å². The molecule has 5 heteroatoms.